The molecule has 0 aromatic carbocycles. The molecule has 0 aliphatic carbocycles. The molecule has 4 heteroatoms. The Morgan fingerprint density at radius 2 is 2.25 bits per heavy atom. The average Bonchev–Trinajstić information content (AvgIpc) is 2.36. The molecule has 0 saturated heterocycles. The van der Waals surface area contributed by atoms with Crippen LogP contribution in [0.2, 0.25) is 0 Å². The Hall–Kier alpha value is -0.870. The number of methoxy groups -OCH3 is 1. The van der Waals surface area contributed by atoms with Gasteiger partial charge in [-0.15, -0.1) is 0 Å². The predicted molar refractivity (Wildman–Crippen MR) is 78.4 cm³/mol. The zero-order valence-corrected chi connectivity index (χ0v) is 12.9. The zero-order valence-electron chi connectivity index (χ0n) is 12.9. The summed E-state index contributed by atoms with van der Waals surface area (Å²) in [6.07, 6.45) is 7.23. The number of hydrogen-bond donors (Lipinski definition) is 1. The summed E-state index contributed by atoms with van der Waals surface area (Å²) in [6.45, 7) is 4.09. The van der Waals surface area contributed by atoms with Gasteiger partial charge in [0, 0.05) is 26.0 Å². The molecule has 0 radical (unpaired) electrons. The van der Waals surface area contributed by atoms with Crippen LogP contribution in [-0.2, 0) is 14.3 Å². The molecule has 1 heterocycles. The molecule has 0 unspecified atom stereocenters. The quantitative estimate of drug-likeness (QED) is 0.522. The first-order chi connectivity index (χ1) is 9.55. The van der Waals surface area contributed by atoms with Crippen LogP contribution in [0, 0.1) is 0 Å². The molecule has 0 bridgehead atoms. The normalized spacial score (nSPS) is 22.1. The van der Waals surface area contributed by atoms with E-state index in [2.05, 4.69) is 6.92 Å². The summed E-state index contributed by atoms with van der Waals surface area (Å²) in [5, 5.41) is 10.1. The molecule has 0 aromatic rings. The molecular weight excluding hydrogens is 256 g/mol. The van der Waals surface area contributed by atoms with E-state index in [-0.39, 0.29) is 18.2 Å². The maximum Gasteiger partial charge on any atom is 0.330 e. The van der Waals surface area contributed by atoms with Crippen LogP contribution in [0.4, 0.5) is 0 Å². The van der Waals surface area contributed by atoms with Crippen LogP contribution in [0.15, 0.2) is 11.6 Å². The van der Waals surface area contributed by atoms with Gasteiger partial charge < -0.3 is 14.6 Å². The number of aliphatic hydroxyl groups excluding tert-OH is 1. The van der Waals surface area contributed by atoms with Crippen LogP contribution in [0.1, 0.15) is 58.8 Å². The lowest BCUT2D eigenvalue weighted by molar-refractivity contribution is -0.145. The SMILES string of the molecule is CCCCC[C@H](C[C@H](O)C[C@H]1CC(C)=CC(=O)O1)OC. The Kier molecular flexibility index (Phi) is 7.85. The molecule has 20 heavy (non-hydrogen) atoms. The summed E-state index contributed by atoms with van der Waals surface area (Å²) in [6, 6.07) is 0. The monoisotopic (exact) mass is 284 g/mol. The summed E-state index contributed by atoms with van der Waals surface area (Å²) < 4.78 is 10.6. The largest absolute Gasteiger partial charge is 0.459 e. The smallest absolute Gasteiger partial charge is 0.330 e. The summed E-state index contributed by atoms with van der Waals surface area (Å²) in [7, 11) is 1.69. The summed E-state index contributed by atoms with van der Waals surface area (Å²) in [5.41, 5.74) is 1.02. The zero-order chi connectivity index (χ0) is 15.0. The summed E-state index contributed by atoms with van der Waals surface area (Å²) in [4.78, 5) is 11.3. The van der Waals surface area contributed by atoms with Crippen molar-refractivity contribution in [1.82, 2.24) is 0 Å². The van der Waals surface area contributed by atoms with Crippen LogP contribution in [0.3, 0.4) is 0 Å². The minimum absolute atomic E-state index is 0.0903. The van der Waals surface area contributed by atoms with Gasteiger partial charge in [0.2, 0.25) is 0 Å². The van der Waals surface area contributed by atoms with E-state index in [0.717, 1.165) is 24.8 Å². The second-order valence-corrected chi connectivity index (χ2v) is 5.73. The number of aliphatic hydroxyl groups is 1. The molecule has 3 atom stereocenters. The first kappa shape index (κ1) is 17.2. The van der Waals surface area contributed by atoms with Crippen molar-refractivity contribution >= 4 is 5.97 Å². The van der Waals surface area contributed by atoms with E-state index in [1.165, 1.54) is 18.9 Å². The number of unbranched alkanes of at least 4 members (excludes halogenated alkanes) is 2. The van der Waals surface area contributed by atoms with Gasteiger partial charge in [-0.25, -0.2) is 4.79 Å². The number of carbonyl (C=O) groups excluding carboxylic acids is 1. The standard InChI is InChI=1S/C16H28O4/c1-4-5-6-7-14(19-3)10-13(17)11-15-8-12(2)9-16(18)20-15/h9,13-15,17H,4-8,10-11H2,1-3H3/t13-,14+,15+/m0/s1. The lowest BCUT2D eigenvalue weighted by Gasteiger charge is -2.25. The Morgan fingerprint density at radius 1 is 1.50 bits per heavy atom. The van der Waals surface area contributed by atoms with Gasteiger partial charge >= 0.3 is 5.97 Å². The highest BCUT2D eigenvalue weighted by atomic mass is 16.5. The molecule has 0 amide bonds. The fraction of sp³-hybridized carbons (Fsp3) is 0.812. The molecule has 1 rings (SSSR count). The summed E-state index contributed by atoms with van der Waals surface area (Å²) >= 11 is 0. The Bertz CT molecular complexity index is 324. The van der Waals surface area contributed by atoms with Crippen molar-refractivity contribution in [3.05, 3.63) is 11.6 Å². The number of esters is 1. The fourth-order valence-corrected chi connectivity index (χ4v) is 2.65. The highest BCUT2D eigenvalue weighted by molar-refractivity contribution is 5.83. The third-order valence-corrected chi connectivity index (χ3v) is 3.73. The second-order valence-electron chi connectivity index (χ2n) is 5.73. The highest BCUT2D eigenvalue weighted by Crippen LogP contribution is 2.21. The minimum Gasteiger partial charge on any atom is -0.459 e. The van der Waals surface area contributed by atoms with Gasteiger partial charge in [-0.2, -0.15) is 0 Å². The molecule has 116 valence electrons. The van der Waals surface area contributed by atoms with E-state index in [9.17, 15) is 9.90 Å². The molecule has 1 N–H and O–H groups in total. The number of cyclic esters (lactones) is 1. The van der Waals surface area contributed by atoms with Crippen LogP contribution in [-0.4, -0.2) is 36.5 Å². The third kappa shape index (κ3) is 6.53. The molecule has 0 aromatic heterocycles. The predicted octanol–water partition coefficient (Wildman–Crippen LogP) is 2.98. The molecule has 4 nitrogen and oxygen atoms in total. The molecular formula is C16H28O4. The van der Waals surface area contributed by atoms with Crippen LogP contribution >= 0.6 is 0 Å². The van der Waals surface area contributed by atoms with Gasteiger partial charge in [-0.1, -0.05) is 31.8 Å². The number of carbonyl (C=O) groups is 1. The van der Waals surface area contributed by atoms with Gasteiger partial charge in [-0.3, -0.25) is 0 Å². The van der Waals surface area contributed by atoms with E-state index >= 15 is 0 Å². The third-order valence-electron chi connectivity index (χ3n) is 3.73. The molecule has 1 aliphatic heterocycles. The second kappa shape index (κ2) is 9.14. The van der Waals surface area contributed by atoms with Gasteiger partial charge in [0.05, 0.1) is 12.2 Å². The van der Waals surface area contributed by atoms with Crippen molar-refractivity contribution in [3.8, 4) is 0 Å². The number of ether oxygens (including phenoxy) is 2. The van der Waals surface area contributed by atoms with Crippen molar-refractivity contribution in [3.63, 3.8) is 0 Å². The van der Waals surface area contributed by atoms with E-state index in [0.29, 0.717) is 12.8 Å². The Morgan fingerprint density at radius 3 is 2.85 bits per heavy atom. The van der Waals surface area contributed by atoms with E-state index < -0.39 is 6.10 Å². The van der Waals surface area contributed by atoms with Crippen molar-refractivity contribution < 1.29 is 19.4 Å². The maximum absolute atomic E-state index is 11.3. The van der Waals surface area contributed by atoms with Crippen LogP contribution < -0.4 is 0 Å². The first-order valence-corrected chi connectivity index (χ1v) is 7.63. The van der Waals surface area contributed by atoms with Crippen LogP contribution in [0.5, 0.6) is 0 Å². The van der Waals surface area contributed by atoms with Gasteiger partial charge in [0.15, 0.2) is 0 Å². The van der Waals surface area contributed by atoms with E-state index in [1.54, 1.807) is 7.11 Å². The van der Waals surface area contributed by atoms with Crippen molar-refractivity contribution in [2.45, 2.75) is 77.1 Å². The van der Waals surface area contributed by atoms with E-state index in [4.69, 9.17) is 9.47 Å². The molecule has 0 saturated carbocycles. The van der Waals surface area contributed by atoms with Gasteiger partial charge in [0.1, 0.15) is 6.10 Å². The maximum atomic E-state index is 11.3. The lowest BCUT2D eigenvalue weighted by Crippen LogP contribution is -2.29. The topological polar surface area (TPSA) is 55.8 Å². The summed E-state index contributed by atoms with van der Waals surface area (Å²) in [5.74, 6) is -0.294. The highest BCUT2D eigenvalue weighted by Gasteiger charge is 2.24. The Balaban J connectivity index is 2.32. The fourth-order valence-electron chi connectivity index (χ4n) is 2.65. The first-order valence-electron chi connectivity index (χ1n) is 7.63. The average molecular weight is 284 g/mol. The van der Waals surface area contributed by atoms with E-state index in [1.807, 2.05) is 6.92 Å². The number of rotatable bonds is 9. The number of hydrogen-bond acceptors (Lipinski definition) is 4. The van der Waals surface area contributed by atoms with Gasteiger partial charge in [-0.05, 0) is 19.8 Å². The van der Waals surface area contributed by atoms with Gasteiger partial charge in [0.25, 0.3) is 0 Å². The molecule has 0 fully saturated rings. The lowest BCUT2D eigenvalue weighted by atomic mass is 9.97. The van der Waals surface area contributed by atoms with Crippen LogP contribution in [0.25, 0.3) is 0 Å². The molecule has 0 spiro atoms. The molecule has 1 aliphatic rings. The minimum atomic E-state index is -0.481. The van der Waals surface area contributed by atoms with Crippen molar-refractivity contribution in [2.24, 2.45) is 0 Å². The van der Waals surface area contributed by atoms with Crippen molar-refractivity contribution in [1.29, 1.82) is 0 Å². The van der Waals surface area contributed by atoms with Crippen molar-refractivity contribution in [2.75, 3.05) is 7.11 Å². The Labute approximate surface area is 122 Å².